The third-order valence-electron chi connectivity index (χ3n) is 16.9. The second-order valence-electron chi connectivity index (χ2n) is 23.5. The zero-order valence-corrected chi connectivity index (χ0v) is 50.1. The Morgan fingerprint density at radius 1 is 0.409 bits per heavy atom. The molecule has 0 aromatic heterocycles. The number of amides is 2. The summed E-state index contributed by atoms with van der Waals surface area (Å²) in [6, 6.07) is -3.87. The summed E-state index contributed by atoms with van der Waals surface area (Å²) in [5, 5.41) is 243. The number of rotatable bonds is 26. The molecule has 0 spiro atoms. The van der Waals surface area contributed by atoms with Gasteiger partial charge in [-0.05, 0) is 13.8 Å². The first-order valence-electron chi connectivity index (χ1n) is 29.6. The number of hydrogen-bond acceptors (Lipinski definition) is 39. The van der Waals surface area contributed by atoms with Crippen molar-refractivity contribution < 1.29 is 193 Å². The van der Waals surface area contributed by atoms with Gasteiger partial charge in [0.2, 0.25) is 11.8 Å². The number of aldehydes is 1. The third-order valence-corrected chi connectivity index (χ3v) is 16.9. The lowest BCUT2D eigenvalue weighted by Gasteiger charge is -2.52. The molecule has 0 aromatic rings. The minimum absolute atomic E-state index is 0.206. The van der Waals surface area contributed by atoms with E-state index in [2.05, 4.69) is 10.6 Å². The minimum atomic E-state index is -2.52. The van der Waals surface area contributed by atoms with Crippen molar-refractivity contribution in [1.82, 2.24) is 10.6 Å². The predicted molar refractivity (Wildman–Crippen MR) is 286 cm³/mol. The molecular weight excluding hydrogens is 1280 g/mol. The molecular formula is C52H88N2O39. The van der Waals surface area contributed by atoms with E-state index in [1.807, 2.05) is 0 Å². The van der Waals surface area contributed by atoms with E-state index in [0.717, 1.165) is 13.8 Å². The van der Waals surface area contributed by atoms with Crippen LogP contribution in [0.25, 0.3) is 0 Å². The van der Waals surface area contributed by atoms with Gasteiger partial charge in [0.15, 0.2) is 50.3 Å². The normalized spacial score (nSPS) is 48.0. The Hall–Kier alpha value is -2.83. The number of nitrogens with one attached hydrogen (secondary N) is 2. The topological polar surface area (TPSA) is 650 Å². The maximum Gasteiger partial charge on any atom is 0.217 e. The Kier molecular flexibility index (Phi) is 28.2. The lowest BCUT2D eigenvalue weighted by atomic mass is 9.93. The molecule has 39 atom stereocenters. The molecule has 540 valence electrons. The van der Waals surface area contributed by atoms with Crippen LogP contribution in [0.1, 0.15) is 27.7 Å². The van der Waals surface area contributed by atoms with Crippen LogP contribution in [0.5, 0.6) is 0 Å². The number of aliphatic hydroxyl groups excluding tert-OH is 22. The zero-order valence-electron chi connectivity index (χ0n) is 50.1. The molecule has 7 aliphatic heterocycles. The predicted octanol–water partition coefficient (Wildman–Crippen LogP) is -16.3. The van der Waals surface area contributed by atoms with Gasteiger partial charge < -0.3 is 194 Å². The van der Waals surface area contributed by atoms with Gasteiger partial charge in [-0.2, -0.15) is 0 Å². The van der Waals surface area contributed by atoms with Crippen LogP contribution >= 0.6 is 0 Å². The molecule has 2 amide bonds. The van der Waals surface area contributed by atoms with Crippen molar-refractivity contribution in [2.45, 2.75) is 267 Å². The Balaban J connectivity index is 1.29. The van der Waals surface area contributed by atoms with Crippen molar-refractivity contribution in [3.05, 3.63) is 0 Å². The minimum Gasteiger partial charge on any atom is -0.394 e. The van der Waals surface area contributed by atoms with E-state index in [0.29, 0.717) is 0 Å². The van der Waals surface area contributed by atoms with E-state index in [1.165, 1.54) is 13.8 Å². The van der Waals surface area contributed by atoms with Gasteiger partial charge in [-0.15, -0.1) is 0 Å². The third kappa shape index (κ3) is 17.3. The van der Waals surface area contributed by atoms with Gasteiger partial charge in [-0.25, -0.2) is 0 Å². The Bertz CT molecular complexity index is 2330. The van der Waals surface area contributed by atoms with Crippen molar-refractivity contribution in [2.75, 3.05) is 39.6 Å². The summed E-state index contributed by atoms with van der Waals surface area (Å²) >= 11 is 0. The van der Waals surface area contributed by atoms with E-state index in [1.54, 1.807) is 0 Å². The summed E-state index contributed by atoms with van der Waals surface area (Å²) in [4.78, 5) is 38.2. The molecule has 24 N–H and O–H groups in total. The molecule has 7 saturated heterocycles. The highest BCUT2D eigenvalue weighted by Crippen LogP contribution is 2.39. The van der Waals surface area contributed by atoms with Crippen LogP contribution in [0.2, 0.25) is 0 Å². The zero-order chi connectivity index (χ0) is 68.9. The molecule has 0 bridgehead atoms. The second kappa shape index (κ2) is 33.8. The van der Waals surface area contributed by atoms with Crippen LogP contribution in [0, 0.1) is 0 Å². The van der Waals surface area contributed by atoms with Gasteiger partial charge in [-0.3, -0.25) is 9.59 Å². The van der Waals surface area contributed by atoms with E-state index in [-0.39, 0.29) is 6.29 Å². The van der Waals surface area contributed by atoms with Crippen molar-refractivity contribution in [3.8, 4) is 0 Å². The molecule has 0 saturated carbocycles. The first kappa shape index (κ1) is 77.5. The van der Waals surface area contributed by atoms with Crippen molar-refractivity contribution in [3.63, 3.8) is 0 Å². The summed E-state index contributed by atoms with van der Waals surface area (Å²) < 4.78 is 83.3. The van der Waals surface area contributed by atoms with Gasteiger partial charge in [0.05, 0.1) is 51.8 Å². The molecule has 0 aromatic carbocycles. The number of aliphatic hydroxyl groups is 22. The van der Waals surface area contributed by atoms with Crippen LogP contribution < -0.4 is 10.6 Å². The van der Waals surface area contributed by atoms with Crippen molar-refractivity contribution in [1.29, 1.82) is 0 Å². The molecule has 7 heterocycles. The summed E-state index contributed by atoms with van der Waals surface area (Å²) in [5.41, 5.74) is 0. The van der Waals surface area contributed by atoms with E-state index in [4.69, 9.17) is 66.3 Å². The van der Waals surface area contributed by atoms with E-state index in [9.17, 15) is 127 Å². The quantitative estimate of drug-likeness (QED) is 0.0358. The maximum absolute atomic E-state index is 13.3. The van der Waals surface area contributed by atoms with Crippen LogP contribution in [0.3, 0.4) is 0 Å². The number of ether oxygens (including phenoxy) is 14. The summed E-state index contributed by atoms with van der Waals surface area (Å²) in [6.45, 7) is -2.30. The van der Waals surface area contributed by atoms with Crippen LogP contribution in [0.4, 0.5) is 0 Å². The molecule has 7 aliphatic rings. The van der Waals surface area contributed by atoms with Crippen molar-refractivity contribution >= 4 is 18.1 Å². The first-order valence-corrected chi connectivity index (χ1v) is 29.6. The highest BCUT2D eigenvalue weighted by molar-refractivity contribution is 5.73. The lowest BCUT2D eigenvalue weighted by Crippen LogP contribution is -2.71. The maximum atomic E-state index is 13.3. The molecule has 41 heteroatoms. The van der Waals surface area contributed by atoms with Crippen molar-refractivity contribution in [2.24, 2.45) is 0 Å². The largest absolute Gasteiger partial charge is 0.394 e. The van der Waals surface area contributed by atoms with E-state index >= 15 is 0 Å². The highest BCUT2D eigenvalue weighted by Gasteiger charge is 2.60. The average molecular weight is 1370 g/mol. The van der Waals surface area contributed by atoms with Gasteiger partial charge >= 0.3 is 0 Å². The fraction of sp³-hybridized carbons (Fsp3) is 0.942. The summed E-state index contributed by atoms with van der Waals surface area (Å²) in [5.74, 6) is -1.92. The number of carbonyl (C=O) groups excluding carboxylic acids is 3. The van der Waals surface area contributed by atoms with Crippen LogP contribution in [-0.4, -0.2) is 409 Å². The fourth-order valence-corrected chi connectivity index (χ4v) is 11.6. The Labute approximate surface area is 527 Å². The molecule has 41 nitrogen and oxygen atoms in total. The first-order chi connectivity index (χ1) is 43.9. The summed E-state index contributed by atoms with van der Waals surface area (Å²) in [7, 11) is 0. The molecule has 93 heavy (non-hydrogen) atoms. The Morgan fingerprint density at radius 2 is 0.763 bits per heavy atom. The Morgan fingerprint density at radius 3 is 1.16 bits per heavy atom. The van der Waals surface area contributed by atoms with Gasteiger partial charge in [-0.1, -0.05) is 0 Å². The number of carbonyl (C=O) groups is 3. The van der Waals surface area contributed by atoms with Gasteiger partial charge in [0.1, 0.15) is 183 Å². The lowest BCUT2D eigenvalue weighted by molar-refractivity contribution is -0.391. The molecule has 39 unspecified atom stereocenters. The second-order valence-corrected chi connectivity index (χ2v) is 23.5. The molecule has 0 aliphatic carbocycles. The fourth-order valence-electron chi connectivity index (χ4n) is 11.6. The van der Waals surface area contributed by atoms with Crippen LogP contribution in [0.15, 0.2) is 0 Å². The van der Waals surface area contributed by atoms with Crippen LogP contribution in [-0.2, 0) is 80.7 Å². The summed E-state index contributed by atoms with van der Waals surface area (Å²) in [6.07, 6.45) is -75.5. The smallest absolute Gasteiger partial charge is 0.217 e. The molecule has 7 fully saturated rings. The average Bonchev–Trinajstić information content (AvgIpc) is 0.786. The standard InChI is InChI=1S/C52H88N2O39/c1-12-25(65)31(71)35(75)48(81-12)91-43-23(53-14(3)61)46(85-20(9-59)41(43)89-50-37(77)33(73)28(68)18(7-57)83-50)80-11-22-30(70)45(39(79)52(87-22)88-40(17(64)6-56)27(67)16(63)5-55)93-47-24(54-15(4)62)44(92-49-36(76)32(72)26(66)13(2)82-49)42(21(10-60)86-47)90-51-38(78)34(74)29(69)19(8-58)84-51/h5,12-13,16-52,56-60,63-79H,6-11H2,1-4H3,(H,53,61)(H,54,62). The highest BCUT2D eigenvalue weighted by atomic mass is 16.8. The monoisotopic (exact) mass is 1360 g/mol. The van der Waals surface area contributed by atoms with Gasteiger partial charge in [0, 0.05) is 13.8 Å². The van der Waals surface area contributed by atoms with E-state index < -0.39 is 291 Å². The number of hydrogen-bond donors (Lipinski definition) is 24. The SMILES string of the molecule is CC(=O)NC1C(OCC2OC(OC(C(O)CO)C(O)C(O)C=O)C(O)C(OC3OC(CO)C(OC4OC(CO)C(O)C(O)C4O)C(OC4OC(C)C(O)C(O)C4O)C3NC(C)=O)C2O)OC(CO)C(OC2OC(CO)C(O)C(O)C2O)C1OC1OC(C)C(O)C(O)C1O. The molecule has 0 radical (unpaired) electrons. The molecule has 7 rings (SSSR count). The van der Waals surface area contributed by atoms with Gasteiger partial charge in [0.25, 0.3) is 0 Å².